The Morgan fingerprint density at radius 3 is 2.75 bits per heavy atom. The van der Waals surface area contributed by atoms with E-state index >= 15 is 0 Å². The summed E-state index contributed by atoms with van der Waals surface area (Å²) in [5, 5.41) is 0. The number of hydrogen-bond acceptors (Lipinski definition) is 3. The number of rotatable bonds is 5. The van der Waals surface area contributed by atoms with Gasteiger partial charge in [0.05, 0.1) is 10.4 Å². The van der Waals surface area contributed by atoms with Crippen molar-refractivity contribution in [2.75, 3.05) is 19.1 Å². The lowest BCUT2D eigenvalue weighted by atomic mass is 10.3. The molecule has 0 aliphatic carbocycles. The van der Waals surface area contributed by atoms with Crippen LogP contribution in [0.4, 0.5) is 0 Å². The van der Waals surface area contributed by atoms with E-state index in [0.717, 1.165) is 8.95 Å². The summed E-state index contributed by atoms with van der Waals surface area (Å²) in [7, 11) is 0. The highest BCUT2D eigenvalue weighted by Crippen LogP contribution is 2.28. The minimum Gasteiger partial charge on any atom is -0.481 e. The number of alkyl halides is 1. The highest BCUT2D eigenvalue weighted by atomic mass is 79.9. The maximum Gasteiger partial charge on any atom is 0.344 e. The second-order valence-corrected chi connectivity index (χ2v) is 4.92. The summed E-state index contributed by atoms with van der Waals surface area (Å²) in [6, 6.07) is 5.41. The largest absolute Gasteiger partial charge is 0.481 e. The monoisotopic (exact) mass is 370 g/mol. The molecule has 1 aromatic carbocycles. The Labute approximate surface area is 115 Å². The molecule has 0 saturated heterocycles. The molecule has 0 aliphatic heterocycles. The third kappa shape index (κ3) is 4.72. The summed E-state index contributed by atoms with van der Waals surface area (Å²) in [4.78, 5) is 11.1. The van der Waals surface area contributed by atoms with Crippen molar-refractivity contribution in [3.8, 4) is 5.75 Å². The van der Waals surface area contributed by atoms with Gasteiger partial charge in [-0.25, -0.2) is 4.79 Å². The average molecular weight is 372 g/mol. The highest BCUT2D eigenvalue weighted by Gasteiger charge is 2.06. The molecule has 3 nitrogen and oxygen atoms in total. The topological polar surface area (TPSA) is 35.5 Å². The molecule has 1 aromatic rings. The predicted octanol–water partition coefficient (Wildman–Crippen LogP) is 3.37. The number of carbonyl (C=O) groups excluding carboxylic acids is 1. The zero-order chi connectivity index (χ0) is 12.0. The molecule has 0 radical (unpaired) electrons. The van der Waals surface area contributed by atoms with Crippen LogP contribution >= 0.6 is 43.5 Å². The van der Waals surface area contributed by atoms with Gasteiger partial charge in [-0.05, 0) is 34.1 Å². The first-order valence-electron chi connectivity index (χ1n) is 4.43. The third-order valence-electron chi connectivity index (χ3n) is 1.58. The van der Waals surface area contributed by atoms with Crippen molar-refractivity contribution in [2.45, 2.75) is 0 Å². The van der Waals surface area contributed by atoms with E-state index in [9.17, 15) is 4.79 Å². The fraction of sp³-hybridized carbons (Fsp3) is 0.300. The molecule has 0 atom stereocenters. The van der Waals surface area contributed by atoms with Crippen molar-refractivity contribution >= 4 is 49.4 Å². The van der Waals surface area contributed by atoms with E-state index in [1.807, 2.05) is 12.1 Å². The number of halogens is 3. The van der Waals surface area contributed by atoms with Crippen LogP contribution in [0.5, 0.6) is 5.75 Å². The molecule has 0 N–H and O–H groups in total. The van der Waals surface area contributed by atoms with Crippen LogP contribution in [0.25, 0.3) is 0 Å². The SMILES string of the molecule is O=C(COc1ccc(Br)cc1Br)OCCCl. The van der Waals surface area contributed by atoms with Crippen molar-refractivity contribution in [3.05, 3.63) is 27.1 Å². The highest BCUT2D eigenvalue weighted by molar-refractivity contribution is 9.11. The minimum absolute atomic E-state index is 0.128. The number of carbonyl (C=O) groups is 1. The van der Waals surface area contributed by atoms with Crippen molar-refractivity contribution in [1.82, 2.24) is 0 Å². The normalized spacial score (nSPS) is 9.94. The Morgan fingerprint density at radius 1 is 1.38 bits per heavy atom. The Morgan fingerprint density at radius 2 is 2.12 bits per heavy atom. The maximum atomic E-state index is 11.1. The first kappa shape index (κ1) is 13.8. The molecular weight excluding hydrogens is 363 g/mol. The second kappa shape index (κ2) is 7.14. The molecule has 0 saturated carbocycles. The Bertz CT molecular complexity index is 371. The minimum atomic E-state index is -0.435. The van der Waals surface area contributed by atoms with Gasteiger partial charge < -0.3 is 9.47 Å². The summed E-state index contributed by atoms with van der Waals surface area (Å²) in [5.74, 6) is 0.440. The van der Waals surface area contributed by atoms with Gasteiger partial charge in [0.15, 0.2) is 6.61 Å². The van der Waals surface area contributed by atoms with Crippen LogP contribution in [0.2, 0.25) is 0 Å². The molecule has 16 heavy (non-hydrogen) atoms. The van der Waals surface area contributed by atoms with Crippen LogP contribution in [-0.2, 0) is 9.53 Å². The standard InChI is InChI=1S/C10H9Br2ClO3/c11-7-1-2-9(8(12)5-7)16-6-10(14)15-4-3-13/h1-2,5H,3-4,6H2. The first-order valence-corrected chi connectivity index (χ1v) is 6.55. The molecule has 1 rings (SSSR count). The lowest BCUT2D eigenvalue weighted by Crippen LogP contribution is -2.16. The van der Waals surface area contributed by atoms with Crippen LogP contribution < -0.4 is 4.74 Å². The first-order chi connectivity index (χ1) is 7.63. The number of esters is 1. The van der Waals surface area contributed by atoms with Crippen molar-refractivity contribution in [2.24, 2.45) is 0 Å². The summed E-state index contributed by atoms with van der Waals surface area (Å²) in [5.41, 5.74) is 0. The molecule has 6 heteroatoms. The number of ether oxygens (including phenoxy) is 2. The van der Waals surface area contributed by atoms with Gasteiger partial charge >= 0.3 is 5.97 Å². The summed E-state index contributed by atoms with van der Waals surface area (Å²) >= 11 is 12.0. The number of hydrogen-bond donors (Lipinski definition) is 0. The molecule has 0 unspecified atom stereocenters. The molecule has 0 amide bonds. The zero-order valence-electron chi connectivity index (χ0n) is 8.21. The van der Waals surface area contributed by atoms with E-state index in [4.69, 9.17) is 21.1 Å². The summed E-state index contributed by atoms with van der Waals surface area (Å²) in [6.07, 6.45) is 0. The molecule has 0 aromatic heterocycles. The van der Waals surface area contributed by atoms with Crippen LogP contribution in [0.1, 0.15) is 0 Å². The van der Waals surface area contributed by atoms with E-state index in [0.29, 0.717) is 5.75 Å². The van der Waals surface area contributed by atoms with Gasteiger partial charge in [-0.1, -0.05) is 15.9 Å². The predicted molar refractivity (Wildman–Crippen MR) is 69.0 cm³/mol. The smallest absolute Gasteiger partial charge is 0.344 e. The Kier molecular flexibility index (Phi) is 6.16. The lowest BCUT2D eigenvalue weighted by molar-refractivity contribution is -0.145. The summed E-state index contributed by atoms with van der Waals surface area (Å²) < 4.78 is 11.7. The van der Waals surface area contributed by atoms with E-state index in [2.05, 4.69) is 31.9 Å². The lowest BCUT2D eigenvalue weighted by Gasteiger charge is -2.07. The molecule has 0 spiro atoms. The van der Waals surface area contributed by atoms with Gasteiger partial charge in [0.1, 0.15) is 12.4 Å². The van der Waals surface area contributed by atoms with Crippen molar-refractivity contribution in [3.63, 3.8) is 0 Å². The van der Waals surface area contributed by atoms with Crippen molar-refractivity contribution < 1.29 is 14.3 Å². The maximum absolute atomic E-state index is 11.1. The zero-order valence-corrected chi connectivity index (χ0v) is 12.1. The number of benzene rings is 1. The molecule has 0 aliphatic rings. The van der Waals surface area contributed by atoms with Gasteiger partial charge in [0.2, 0.25) is 0 Å². The molecule has 88 valence electrons. The van der Waals surface area contributed by atoms with Gasteiger partial charge in [0, 0.05) is 4.47 Å². The summed E-state index contributed by atoms with van der Waals surface area (Å²) in [6.45, 7) is 0.0718. The molecular formula is C10H9Br2ClO3. The average Bonchev–Trinajstić information content (AvgIpc) is 2.25. The van der Waals surface area contributed by atoms with Gasteiger partial charge in [0.25, 0.3) is 0 Å². The Balaban J connectivity index is 2.45. The van der Waals surface area contributed by atoms with E-state index < -0.39 is 5.97 Å². The fourth-order valence-corrected chi connectivity index (χ4v) is 2.16. The molecule has 0 bridgehead atoms. The van der Waals surface area contributed by atoms with Crippen LogP contribution in [0, 0.1) is 0 Å². The van der Waals surface area contributed by atoms with Crippen LogP contribution in [-0.4, -0.2) is 25.1 Å². The quantitative estimate of drug-likeness (QED) is 0.587. The van der Waals surface area contributed by atoms with Crippen LogP contribution in [0.3, 0.4) is 0 Å². The second-order valence-electron chi connectivity index (χ2n) is 2.77. The van der Waals surface area contributed by atoms with Gasteiger partial charge in [-0.2, -0.15) is 0 Å². The van der Waals surface area contributed by atoms with E-state index in [-0.39, 0.29) is 19.1 Å². The molecule has 0 heterocycles. The fourth-order valence-electron chi connectivity index (χ4n) is 0.923. The van der Waals surface area contributed by atoms with Crippen LogP contribution in [0.15, 0.2) is 27.1 Å². The van der Waals surface area contributed by atoms with Gasteiger partial charge in [-0.3, -0.25) is 0 Å². The van der Waals surface area contributed by atoms with E-state index in [1.165, 1.54) is 0 Å². The van der Waals surface area contributed by atoms with E-state index in [1.54, 1.807) is 6.07 Å². The third-order valence-corrected chi connectivity index (χ3v) is 2.85. The Hall–Kier alpha value is -0.260. The van der Waals surface area contributed by atoms with Gasteiger partial charge in [-0.15, -0.1) is 11.6 Å². The van der Waals surface area contributed by atoms with Crippen molar-refractivity contribution in [1.29, 1.82) is 0 Å². The molecule has 0 fully saturated rings.